The zero-order valence-corrected chi connectivity index (χ0v) is 17.0. The monoisotopic (exact) mass is 413 g/mol. The number of halogens is 2. The van der Waals surface area contributed by atoms with Gasteiger partial charge >= 0.3 is 0 Å². The number of pyridine rings is 1. The van der Waals surface area contributed by atoms with Crippen LogP contribution in [0.25, 0.3) is 22.3 Å². The second kappa shape index (κ2) is 7.00. The van der Waals surface area contributed by atoms with Crippen LogP contribution in [0.2, 0.25) is 0 Å². The Morgan fingerprint density at radius 3 is 2.59 bits per heavy atom. The largest absolute Gasteiger partial charge is 0.298 e. The summed E-state index contributed by atoms with van der Waals surface area (Å²) in [4.78, 5) is 22.6. The lowest BCUT2D eigenvalue weighted by atomic mass is 10.1. The molecular formula is C20H17F2N5OS. The molecule has 1 aromatic carbocycles. The van der Waals surface area contributed by atoms with Crippen LogP contribution in [0.1, 0.15) is 26.6 Å². The molecule has 0 saturated heterocycles. The Morgan fingerprint density at radius 2 is 1.86 bits per heavy atom. The Bertz CT molecular complexity index is 1280. The zero-order chi connectivity index (χ0) is 20.9. The van der Waals surface area contributed by atoms with E-state index in [0.717, 1.165) is 17.0 Å². The summed E-state index contributed by atoms with van der Waals surface area (Å²) < 4.78 is 28.4. The van der Waals surface area contributed by atoms with Gasteiger partial charge in [-0.05, 0) is 45.0 Å². The molecule has 0 atom stereocenters. The SMILES string of the molecule is Cc1cc(C(=O)Nc2nc(-c3ccc(F)c(F)c3)c(C)s2)c2c(C)nn(C)c2n1. The van der Waals surface area contributed by atoms with E-state index in [0.29, 0.717) is 44.4 Å². The minimum absolute atomic E-state index is 0.331. The van der Waals surface area contributed by atoms with E-state index in [1.807, 2.05) is 20.8 Å². The Kier molecular flexibility index (Phi) is 4.62. The highest BCUT2D eigenvalue weighted by atomic mass is 32.1. The first kappa shape index (κ1) is 19.1. The highest BCUT2D eigenvalue weighted by Crippen LogP contribution is 2.32. The van der Waals surface area contributed by atoms with Crippen molar-refractivity contribution in [2.45, 2.75) is 20.8 Å². The number of anilines is 1. The van der Waals surface area contributed by atoms with Crippen LogP contribution in [0.3, 0.4) is 0 Å². The summed E-state index contributed by atoms with van der Waals surface area (Å²) in [5, 5.41) is 8.21. The van der Waals surface area contributed by atoms with Gasteiger partial charge in [0, 0.05) is 23.2 Å². The third-order valence-corrected chi connectivity index (χ3v) is 5.44. The van der Waals surface area contributed by atoms with Gasteiger partial charge in [0.15, 0.2) is 22.4 Å². The Balaban J connectivity index is 1.70. The van der Waals surface area contributed by atoms with Crippen molar-refractivity contribution < 1.29 is 13.6 Å². The highest BCUT2D eigenvalue weighted by Gasteiger charge is 2.20. The lowest BCUT2D eigenvalue weighted by molar-refractivity contribution is 0.102. The van der Waals surface area contributed by atoms with Crippen molar-refractivity contribution in [1.82, 2.24) is 19.7 Å². The van der Waals surface area contributed by atoms with Gasteiger partial charge in [-0.25, -0.2) is 18.7 Å². The molecule has 4 rings (SSSR count). The summed E-state index contributed by atoms with van der Waals surface area (Å²) in [5.74, 6) is -2.19. The summed E-state index contributed by atoms with van der Waals surface area (Å²) in [7, 11) is 1.78. The lowest BCUT2D eigenvalue weighted by Gasteiger charge is -2.05. The van der Waals surface area contributed by atoms with Crippen LogP contribution >= 0.6 is 11.3 Å². The van der Waals surface area contributed by atoms with Crippen LogP contribution in [-0.4, -0.2) is 25.7 Å². The van der Waals surface area contributed by atoms with E-state index in [-0.39, 0.29) is 5.91 Å². The molecule has 0 bridgehead atoms. The van der Waals surface area contributed by atoms with Gasteiger partial charge < -0.3 is 0 Å². The van der Waals surface area contributed by atoms with Crippen LogP contribution < -0.4 is 5.32 Å². The van der Waals surface area contributed by atoms with Crippen molar-refractivity contribution in [2.75, 3.05) is 5.32 Å². The van der Waals surface area contributed by atoms with E-state index in [4.69, 9.17) is 0 Å². The number of aryl methyl sites for hydroxylation is 4. The first-order chi connectivity index (χ1) is 13.7. The molecule has 3 heterocycles. The summed E-state index contributed by atoms with van der Waals surface area (Å²) in [6.45, 7) is 5.45. The fraction of sp³-hybridized carbons (Fsp3) is 0.200. The van der Waals surface area contributed by atoms with E-state index >= 15 is 0 Å². The molecule has 0 aliphatic heterocycles. The average Bonchev–Trinajstić information content (AvgIpc) is 3.16. The predicted octanol–water partition coefficient (Wildman–Crippen LogP) is 4.55. The van der Waals surface area contributed by atoms with Crippen molar-refractivity contribution in [3.63, 3.8) is 0 Å². The van der Waals surface area contributed by atoms with E-state index in [1.165, 1.54) is 17.4 Å². The van der Waals surface area contributed by atoms with E-state index in [2.05, 4.69) is 20.4 Å². The van der Waals surface area contributed by atoms with Crippen LogP contribution in [0.5, 0.6) is 0 Å². The van der Waals surface area contributed by atoms with Crippen molar-refractivity contribution in [3.05, 3.63) is 57.7 Å². The second-order valence-electron chi connectivity index (χ2n) is 6.73. The number of thiazole rings is 1. The van der Waals surface area contributed by atoms with Gasteiger partial charge in [-0.3, -0.25) is 14.8 Å². The van der Waals surface area contributed by atoms with Crippen molar-refractivity contribution in [3.8, 4) is 11.3 Å². The maximum absolute atomic E-state index is 13.6. The fourth-order valence-electron chi connectivity index (χ4n) is 3.27. The van der Waals surface area contributed by atoms with Crippen molar-refractivity contribution >= 4 is 33.4 Å². The number of hydrogen-bond acceptors (Lipinski definition) is 5. The van der Waals surface area contributed by atoms with Gasteiger partial charge in [0.1, 0.15) is 0 Å². The number of carbonyl (C=O) groups excluding carboxylic acids is 1. The van der Waals surface area contributed by atoms with Gasteiger partial charge in [-0.2, -0.15) is 5.10 Å². The number of rotatable bonds is 3. The van der Waals surface area contributed by atoms with E-state index in [1.54, 1.807) is 17.8 Å². The Hall–Kier alpha value is -3.20. The smallest absolute Gasteiger partial charge is 0.258 e. The second-order valence-corrected chi connectivity index (χ2v) is 7.93. The molecule has 4 aromatic rings. The minimum Gasteiger partial charge on any atom is -0.298 e. The van der Waals surface area contributed by atoms with Gasteiger partial charge in [0.25, 0.3) is 5.91 Å². The predicted molar refractivity (Wildman–Crippen MR) is 108 cm³/mol. The number of nitrogens with zero attached hydrogens (tertiary/aromatic N) is 4. The molecule has 0 unspecified atom stereocenters. The zero-order valence-electron chi connectivity index (χ0n) is 16.2. The van der Waals surface area contributed by atoms with Crippen molar-refractivity contribution in [2.24, 2.45) is 7.05 Å². The van der Waals surface area contributed by atoms with E-state index < -0.39 is 11.6 Å². The summed E-state index contributed by atoms with van der Waals surface area (Å²) in [5.41, 5.74) is 3.44. The quantitative estimate of drug-likeness (QED) is 0.535. The number of hydrogen-bond donors (Lipinski definition) is 1. The third kappa shape index (κ3) is 3.38. The number of aromatic nitrogens is 4. The maximum atomic E-state index is 13.6. The Labute approximate surface area is 169 Å². The van der Waals surface area contributed by atoms with Crippen LogP contribution in [-0.2, 0) is 7.05 Å². The molecule has 0 spiro atoms. The molecule has 0 radical (unpaired) electrons. The van der Waals surface area contributed by atoms with Gasteiger partial charge in [-0.1, -0.05) is 0 Å². The number of amides is 1. The summed E-state index contributed by atoms with van der Waals surface area (Å²) in [6, 6.07) is 5.32. The van der Waals surface area contributed by atoms with E-state index in [9.17, 15) is 13.6 Å². The highest BCUT2D eigenvalue weighted by molar-refractivity contribution is 7.16. The molecule has 9 heteroatoms. The molecule has 0 saturated carbocycles. The molecule has 0 fully saturated rings. The maximum Gasteiger partial charge on any atom is 0.258 e. The summed E-state index contributed by atoms with van der Waals surface area (Å²) >= 11 is 1.27. The Morgan fingerprint density at radius 1 is 1.10 bits per heavy atom. The molecule has 148 valence electrons. The third-order valence-electron chi connectivity index (χ3n) is 4.55. The topological polar surface area (TPSA) is 72.7 Å². The van der Waals surface area contributed by atoms with Crippen molar-refractivity contribution in [1.29, 1.82) is 0 Å². The molecular weight excluding hydrogens is 396 g/mol. The van der Waals surface area contributed by atoms with Crippen LogP contribution in [0.15, 0.2) is 24.3 Å². The number of fused-ring (bicyclic) bond motifs is 1. The molecule has 3 aromatic heterocycles. The lowest BCUT2D eigenvalue weighted by Crippen LogP contribution is -2.13. The molecule has 6 nitrogen and oxygen atoms in total. The first-order valence-corrected chi connectivity index (χ1v) is 9.61. The van der Waals surface area contributed by atoms with Crippen LogP contribution in [0, 0.1) is 32.4 Å². The van der Waals surface area contributed by atoms with Gasteiger partial charge in [0.05, 0.1) is 22.3 Å². The van der Waals surface area contributed by atoms with Crippen LogP contribution in [0.4, 0.5) is 13.9 Å². The number of carbonyl (C=O) groups is 1. The fourth-order valence-corrected chi connectivity index (χ4v) is 4.11. The normalized spacial score (nSPS) is 11.2. The standard InChI is InChI=1S/C20H17F2N5OS/c1-9-7-13(16-10(2)26-27(4)18(16)23-9)19(28)25-20-24-17(11(3)29-20)12-5-6-14(21)15(22)8-12/h5-8H,1-4H3,(H,24,25,28). The average molecular weight is 413 g/mol. The van der Waals surface area contributed by atoms with Gasteiger partial charge in [0.2, 0.25) is 0 Å². The number of nitrogens with one attached hydrogen (secondary N) is 1. The minimum atomic E-state index is -0.942. The first-order valence-electron chi connectivity index (χ1n) is 8.79. The van der Waals surface area contributed by atoms with Gasteiger partial charge in [-0.15, -0.1) is 11.3 Å². The summed E-state index contributed by atoms with van der Waals surface area (Å²) in [6.07, 6.45) is 0. The molecule has 0 aliphatic carbocycles. The molecule has 1 amide bonds. The molecule has 29 heavy (non-hydrogen) atoms. The molecule has 0 aliphatic rings. The number of benzene rings is 1. The molecule has 1 N–H and O–H groups in total.